The van der Waals surface area contributed by atoms with Crippen molar-refractivity contribution in [2.75, 3.05) is 0 Å². The number of ketones is 1. The lowest BCUT2D eigenvalue weighted by molar-refractivity contribution is -0.127. The predicted molar refractivity (Wildman–Crippen MR) is 147 cm³/mol. The van der Waals surface area contributed by atoms with Gasteiger partial charge in [-0.15, -0.1) is 0 Å². The number of H-pyrrole nitrogens is 2. The number of carbonyl (C=O) groups excluding carboxylic acids is 2. The van der Waals surface area contributed by atoms with Crippen molar-refractivity contribution in [3.05, 3.63) is 83.3 Å². The lowest BCUT2D eigenvalue weighted by Crippen LogP contribution is -2.57. The Kier molecular flexibility index (Phi) is 5.03. The predicted octanol–water partition coefficient (Wildman–Crippen LogP) is 5.24. The molecule has 1 aliphatic carbocycles. The van der Waals surface area contributed by atoms with Crippen molar-refractivity contribution in [1.82, 2.24) is 15.3 Å². The van der Waals surface area contributed by atoms with Gasteiger partial charge in [-0.25, -0.2) is 0 Å². The molecule has 0 radical (unpaired) electrons. The zero-order valence-corrected chi connectivity index (χ0v) is 22.4. The molecule has 8 atom stereocenters. The number of amides is 1. The Balaban J connectivity index is 1.40. The summed E-state index contributed by atoms with van der Waals surface area (Å²) in [5, 5.41) is 4.65. The van der Waals surface area contributed by atoms with Crippen molar-refractivity contribution in [2.45, 2.75) is 63.7 Å². The number of aromatic nitrogens is 2. The van der Waals surface area contributed by atoms with Gasteiger partial charge in [0, 0.05) is 40.7 Å². The third kappa shape index (κ3) is 3.10. The Morgan fingerprint density at radius 1 is 1.11 bits per heavy atom. The number of ether oxygens (including phenoxy) is 1. The fraction of sp³-hybridized carbons (Fsp3) is 0.438. The van der Waals surface area contributed by atoms with E-state index < -0.39 is 5.41 Å². The molecule has 3 N–H and O–H groups in total. The fourth-order valence-corrected chi connectivity index (χ4v) is 8.03. The first-order valence-corrected chi connectivity index (χ1v) is 13.9. The average molecular weight is 510 g/mol. The first kappa shape index (κ1) is 23.7. The van der Waals surface area contributed by atoms with Gasteiger partial charge in [0.05, 0.1) is 17.4 Å². The Bertz CT molecular complexity index is 1530. The third-order valence-corrected chi connectivity index (χ3v) is 10.1. The first-order chi connectivity index (χ1) is 18.2. The van der Waals surface area contributed by atoms with Gasteiger partial charge in [0.25, 0.3) is 0 Å². The number of hydrogen-bond donors (Lipinski definition) is 3. The minimum absolute atomic E-state index is 0.0118. The maximum atomic E-state index is 14.4. The van der Waals surface area contributed by atoms with E-state index in [-0.39, 0.29) is 53.1 Å². The van der Waals surface area contributed by atoms with E-state index in [2.05, 4.69) is 72.6 Å². The zero-order valence-electron chi connectivity index (χ0n) is 22.4. The number of fused-ring (bicyclic) bond motifs is 5. The zero-order chi connectivity index (χ0) is 26.4. The topological polar surface area (TPSA) is 90.3 Å². The van der Waals surface area contributed by atoms with Crippen LogP contribution in [0.3, 0.4) is 0 Å². The molecular weight excluding hydrogens is 474 g/mol. The fourth-order valence-electron chi connectivity index (χ4n) is 8.03. The van der Waals surface area contributed by atoms with Crippen molar-refractivity contribution < 1.29 is 14.3 Å². The van der Waals surface area contributed by atoms with Gasteiger partial charge in [-0.1, -0.05) is 50.3 Å². The van der Waals surface area contributed by atoms with Crippen molar-refractivity contribution in [3.63, 3.8) is 0 Å². The number of rotatable bonds is 2. The van der Waals surface area contributed by atoms with Crippen LogP contribution in [0.1, 0.15) is 55.9 Å². The summed E-state index contributed by atoms with van der Waals surface area (Å²) in [5.74, 6) is 0.242. The summed E-state index contributed by atoms with van der Waals surface area (Å²) in [7, 11) is 0. The largest absolute Gasteiger partial charge is 0.365 e. The standard InChI is InChI=1S/C32H35N3O3/c1-17-8-7-10-22-29-31(4,38-29)19(3)27-25(15-20-16-33-23-11-6-5-9-21(20)23)35-30(37)32(22,27)26-13-12-24(34-26)28(36)18(2)14-17/h5-7,9-14,16-17,19,22,25,27,29,33-34H,8,15H2,1-4H3,(H,35,37). The quantitative estimate of drug-likeness (QED) is 0.326. The Morgan fingerprint density at radius 2 is 1.92 bits per heavy atom. The van der Waals surface area contributed by atoms with Crippen LogP contribution in [0.2, 0.25) is 0 Å². The van der Waals surface area contributed by atoms with Gasteiger partial charge < -0.3 is 20.0 Å². The molecule has 38 heavy (non-hydrogen) atoms. The van der Waals surface area contributed by atoms with Crippen LogP contribution >= 0.6 is 0 Å². The molecule has 7 rings (SSSR count). The van der Waals surface area contributed by atoms with E-state index in [0.717, 1.165) is 29.6 Å². The smallest absolute Gasteiger partial charge is 0.233 e. The molecule has 2 bridgehead atoms. The number of hydrogen-bond acceptors (Lipinski definition) is 3. The van der Waals surface area contributed by atoms with Gasteiger partial charge in [-0.2, -0.15) is 0 Å². The second-order valence-electron chi connectivity index (χ2n) is 12.2. The highest BCUT2D eigenvalue weighted by molar-refractivity contribution is 6.07. The molecule has 3 fully saturated rings. The van der Waals surface area contributed by atoms with Gasteiger partial charge in [0.1, 0.15) is 5.41 Å². The molecule has 1 spiro atoms. The average Bonchev–Trinajstić information content (AvgIpc) is 3.23. The normalized spacial score (nSPS) is 37.9. The van der Waals surface area contributed by atoms with Gasteiger partial charge >= 0.3 is 0 Å². The number of Topliss-reactive ketones (excluding diaryl/α,β-unsaturated/α-hetero) is 1. The molecule has 6 nitrogen and oxygen atoms in total. The molecule has 5 heterocycles. The molecule has 2 saturated heterocycles. The highest BCUT2D eigenvalue weighted by Crippen LogP contribution is 2.66. The molecule has 8 unspecified atom stereocenters. The molecule has 2 aromatic heterocycles. The number of carbonyl (C=O) groups is 2. The van der Waals surface area contributed by atoms with E-state index >= 15 is 0 Å². The van der Waals surface area contributed by atoms with E-state index in [1.54, 1.807) is 0 Å². The summed E-state index contributed by atoms with van der Waals surface area (Å²) < 4.78 is 6.49. The van der Waals surface area contributed by atoms with E-state index in [9.17, 15) is 9.59 Å². The second-order valence-corrected chi connectivity index (χ2v) is 12.2. The highest BCUT2D eigenvalue weighted by Gasteiger charge is 2.77. The minimum Gasteiger partial charge on any atom is -0.365 e. The Labute approximate surface area is 222 Å². The van der Waals surface area contributed by atoms with Gasteiger partial charge in [-0.3, -0.25) is 9.59 Å². The summed E-state index contributed by atoms with van der Waals surface area (Å²) in [5.41, 5.74) is 3.29. The SMILES string of the molecule is CC1=CC(C)CC=CC2C3OC3(C)C(C)C3C(Cc4c[nH]c5ccccc45)NC(=O)C23c2ccc([nH]2)C1=O. The number of allylic oxidation sites excluding steroid dienone is 3. The molecule has 1 saturated carbocycles. The number of para-hydroxylation sites is 1. The van der Waals surface area contributed by atoms with Crippen molar-refractivity contribution in [1.29, 1.82) is 0 Å². The molecule has 3 aromatic rings. The molecule has 3 aliphatic heterocycles. The van der Waals surface area contributed by atoms with E-state index in [1.165, 1.54) is 10.9 Å². The van der Waals surface area contributed by atoms with Gasteiger partial charge in [-0.05, 0) is 67.9 Å². The van der Waals surface area contributed by atoms with E-state index in [4.69, 9.17) is 4.74 Å². The third-order valence-electron chi connectivity index (χ3n) is 10.1. The highest BCUT2D eigenvalue weighted by atomic mass is 16.6. The number of epoxide rings is 1. The second kappa shape index (κ2) is 8.06. The van der Waals surface area contributed by atoms with Crippen LogP contribution in [0.5, 0.6) is 0 Å². The van der Waals surface area contributed by atoms with Crippen molar-refractivity contribution in [3.8, 4) is 0 Å². The molecular formula is C32H35N3O3. The first-order valence-electron chi connectivity index (χ1n) is 13.9. The molecule has 1 aromatic carbocycles. The van der Waals surface area contributed by atoms with Gasteiger partial charge in [0.15, 0.2) is 0 Å². The van der Waals surface area contributed by atoms with Crippen LogP contribution in [-0.4, -0.2) is 39.4 Å². The molecule has 4 aliphatic rings. The molecule has 1 amide bonds. The van der Waals surface area contributed by atoms with Crippen LogP contribution in [-0.2, 0) is 21.4 Å². The lowest BCUT2D eigenvalue weighted by atomic mass is 9.52. The molecule has 196 valence electrons. The monoisotopic (exact) mass is 509 g/mol. The lowest BCUT2D eigenvalue weighted by Gasteiger charge is -2.46. The maximum Gasteiger partial charge on any atom is 0.233 e. The van der Waals surface area contributed by atoms with Crippen molar-refractivity contribution >= 4 is 22.6 Å². The molecule has 6 heteroatoms. The van der Waals surface area contributed by atoms with Crippen LogP contribution in [0, 0.1) is 23.7 Å². The van der Waals surface area contributed by atoms with E-state index in [1.807, 2.05) is 31.2 Å². The van der Waals surface area contributed by atoms with E-state index in [0.29, 0.717) is 5.69 Å². The number of benzene rings is 1. The van der Waals surface area contributed by atoms with Crippen molar-refractivity contribution in [2.24, 2.45) is 23.7 Å². The van der Waals surface area contributed by atoms with Gasteiger partial charge in [0.2, 0.25) is 11.7 Å². The van der Waals surface area contributed by atoms with Crippen LogP contribution in [0.25, 0.3) is 10.9 Å². The summed E-state index contributed by atoms with van der Waals surface area (Å²) in [4.78, 5) is 34.5. The number of nitrogens with one attached hydrogen (secondary N) is 3. The minimum atomic E-state index is -0.841. The summed E-state index contributed by atoms with van der Waals surface area (Å²) in [6, 6.07) is 12.1. The Morgan fingerprint density at radius 3 is 2.76 bits per heavy atom. The van der Waals surface area contributed by atoms with Crippen LogP contribution in [0.15, 0.2) is 66.4 Å². The summed E-state index contributed by atoms with van der Waals surface area (Å²) in [6.07, 6.45) is 10.1. The summed E-state index contributed by atoms with van der Waals surface area (Å²) in [6.45, 7) is 8.46. The van der Waals surface area contributed by atoms with Crippen LogP contribution < -0.4 is 5.32 Å². The van der Waals surface area contributed by atoms with Crippen LogP contribution in [0.4, 0.5) is 0 Å². The number of aromatic amines is 2. The Hall–Kier alpha value is -3.38. The maximum absolute atomic E-state index is 14.4. The summed E-state index contributed by atoms with van der Waals surface area (Å²) >= 11 is 0.